The zero-order chi connectivity index (χ0) is 22.3. The van der Waals surface area contributed by atoms with E-state index in [-0.39, 0.29) is 11.6 Å². The van der Waals surface area contributed by atoms with E-state index < -0.39 is 6.09 Å². The molecule has 1 amide bonds. The summed E-state index contributed by atoms with van der Waals surface area (Å²) in [5.74, 6) is 1.33. The molecule has 0 bridgehead atoms. The van der Waals surface area contributed by atoms with Crippen molar-refractivity contribution in [3.8, 4) is 11.4 Å². The molecule has 1 aliphatic rings. The van der Waals surface area contributed by atoms with Gasteiger partial charge in [0.15, 0.2) is 0 Å². The van der Waals surface area contributed by atoms with Crippen LogP contribution in [0.5, 0.6) is 5.75 Å². The first-order chi connectivity index (χ1) is 15.6. The molecule has 0 aliphatic carbocycles. The van der Waals surface area contributed by atoms with Crippen molar-refractivity contribution >= 4 is 11.9 Å². The van der Waals surface area contributed by atoms with Crippen molar-refractivity contribution in [2.75, 3.05) is 24.6 Å². The maximum absolute atomic E-state index is 12.6. The number of carbonyl (C=O) groups is 1. The van der Waals surface area contributed by atoms with Gasteiger partial charge in [-0.2, -0.15) is 0 Å². The topological polar surface area (TPSA) is 85.7 Å². The molecule has 8 heteroatoms. The number of nitrogens with zero attached hydrogens (tertiary/aromatic N) is 3. The van der Waals surface area contributed by atoms with Crippen molar-refractivity contribution < 1.29 is 14.3 Å². The highest BCUT2D eigenvalue weighted by molar-refractivity contribution is 5.67. The molecule has 32 heavy (non-hydrogen) atoms. The van der Waals surface area contributed by atoms with E-state index in [4.69, 9.17) is 9.47 Å². The molecule has 1 fully saturated rings. The Kier molecular flexibility index (Phi) is 6.69. The fourth-order valence-corrected chi connectivity index (χ4v) is 3.64. The van der Waals surface area contributed by atoms with E-state index in [2.05, 4.69) is 15.2 Å². The second-order valence-electron chi connectivity index (χ2n) is 7.52. The number of nitrogens with one attached hydrogen (secondary N) is 1. The standard InChI is InChI=1S/C24H26N4O4/c1-2-31-24(30)26-19-10-12-27(16-19)22-9-8-20(15-25-22)28-13-11-21(14-23(28)29)32-17-18-6-4-3-5-7-18/h3-9,11,13-15,19H,2,10,12,16-17H2,1H3,(H,26,30)/t19-/m1/s1. The zero-order valence-electron chi connectivity index (χ0n) is 17.9. The van der Waals surface area contributed by atoms with Crippen molar-refractivity contribution in [1.82, 2.24) is 14.9 Å². The monoisotopic (exact) mass is 434 g/mol. The normalized spacial score (nSPS) is 15.4. The number of alkyl carbamates (subject to hydrolysis) is 1. The van der Waals surface area contributed by atoms with Gasteiger partial charge in [0, 0.05) is 25.4 Å². The van der Waals surface area contributed by atoms with Crippen LogP contribution >= 0.6 is 0 Å². The first kappa shape index (κ1) is 21.4. The van der Waals surface area contributed by atoms with Crippen molar-refractivity contribution in [2.24, 2.45) is 0 Å². The Morgan fingerprint density at radius 1 is 1.19 bits per heavy atom. The quantitative estimate of drug-likeness (QED) is 0.615. The molecule has 3 heterocycles. The van der Waals surface area contributed by atoms with Crippen LogP contribution in [0.25, 0.3) is 5.69 Å². The van der Waals surface area contributed by atoms with Gasteiger partial charge in [-0.05, 0) is 37.1 Å². The van der Waals surface area contributed by atoms with E-state index in [1.807, 2.05) is 42.5 Å². The highest BCUT2D eigenvalue weighted by Crippen LogP contribution is 2.19. The van der Waals surface area contributed by atoms with Gasteiger partial charge in [0.05, 0.1) is 24.5 Å². The Morgan fingerprint density at radius 3 is 2.75 bits per heavy atom. The Hall–Kier alpha value is -3.81. The summed E-state index contributed by atoms with van der Waals surface area (Å²) in [6.07, 6.45) is 3.80. The molecule has 0 spiro atoms. The molecule has 166 valence electrons. The van der Waals surface area contributed by atoms with Crippen LogP contribution in [0.15, 0.2) is 71.8 Å². The van der Waals surface area contributed by atoms with Crippen molar-refractivity contribution in [2.45, 2.75) is 26.0 Å². The molecule has 1 atom stereocenters. The highest BCUT2D eigenvalue weighted by atomic mass is 16.5. The summed E-state index contributed by atoms with van der Waals surface area (Å²) in [5.41, 5.74) is 1.52. The number of aromatic nitrogens is 2. The molecule has 1 N–H and O–H groups in total. The van der Waals surface area contributed by atoms with Gasteiger partial charge in [-0.3, -0.25) is 9.36 Å². The van der Waals surface area contributed by atoms with E-state index in [1.165, 1.54) is 10.6 Å². The summed E-state index contributed by atoms with van der Waals surface area (Å²) in [7, 11) is 0. The molecule has 0 radical (unpaired) electrons. The third-order valence-electron chi connectivity index (χ3n) is 5.26. The van der Waals surface area contributed by atoms with E-state index in [1.54, 1.807) is 25.4 Å². The van der Waals surface area contributed by atoms with E-state index >= 15 is 0 Å². The molecule has 0 saturated carbocycles. The first-order valence-electron chi connectivity index (χ1n) is 10.7. The number of benzene rings is 1. The van der Waals surface area contributed by atoms with E-state index in [9.17, 15) is 9.59 Å². The summed E-state index contributed by atoms with van der Waals surface area (Å²) in [5, 5.41) is 2.86. The second kappa shape index (κ2) is 10.00. The zero-order valence-corrected chi connectivity index (χ0v) is 17.9. The predicted octanol–water partition coefficient (Wildman–Crippen LogP) is 3.14. The van der Waals surface area contributed by atoms with Crippen LogP contribution in [0.2, 0.25) is 0 Å². The van der Waals surface area contributed by atoms with Crippen molar-refractivity contribution in [3.63, 3.8) is 0 Å². The molecular weight excluding hydrogens is 408 g/mol. The number of ether oxygens (including phenoxy) is 2. The molecule has 3 aromatic rings. The number of carbonyl (C=O) groups excluding carboxylic acids is 1. The number of amides is 1. The van der Waals surface area contributed by atoms with E-state index in [0.717, 1.165) is 24.3 Å². The van der Waals surface area contributed by atoms with Gasteiger partial charge in [0.2, 0.25) is 0 Å². The van der Waals surface area contributed by atoms with Crippen LogP contribution < -0.4 is 20.5 Å². The fraction of sp³-hybridized carbons (Fsp3) is 0.292. The molecule has 0 unspecified atom stereocenters. The molecule has 1 aromatic carbocycles. The molecule has 1 aliphatic heterocycles. The summed E-state index contributed by atoms with van der Waals surface area (Å²) in [4.78, 5) is 30.8. The molecular formula is C24H26N4O4. The smallest absolute Gasteiger partial charge is 0.407 e. The average Bonchev–Trinajstić information content (AvgIpc) is 3.27. The van der Waals surface area contributed by atoms with E-state index in [0.29, 0.717) is 31.2 Å². The summed E-state index contributed by atoms with van der Waals surface area (Å²) in [6.45, 7) is 3.99. The lowest BCUT2D eigenvalue weighted by Crippen LogP contribution is -2.37. The van der Waals surface area contributed by atoms with Gasteiger partial charge in [-0.1, -0.05) is 30.3 Å². The number of rotatable bonds is 7. The maximum Gasteiger partial charge on any atom is 0.407 e. The van der Waals surface area contributed by atoms with Crippen LogP contribution in [0, 0.1) is 0 Å². The number of hydrogen-bond donors (Lipinski definition) is 1. The Labute approximate surface area is 186 Å². The van der Waals surface area contributed by atoms with Crippen molar-refractivity contribution in [1.29, 1.82) is 0 Å². The maximum atomic E-state index is 12.6. The summed E-state index contributed by atoms with van der Waals surface area (Å²) < 4.78 is 12.2. The largest absolute Gasteiger partial charge is 0.489 e. The Balaban J connectivity index is 1.37. The van der Waals surface area contributed by atoms with Gasteiger partial charge in [0.25, 0.3) is 5.56 Å². The SMILES string of the molecule is CCOC(=O)N[C@@H]1CCN(c2ccc(-n3ccc(OCc4ccccc4)cc3=O)cn2)C1. The van der Waals surface area contributed by atoms with Crippen LogP contribution in [-0.2, 0) is 11.3 Å². The van der Waals surface area contributed by atoms with Crippen LogP contribution in [-0.4, -0.2) is 41.4 Å². The molecule has 8 nitrogen and oxygen atoms in total. The van der Waals surface area contributed by atoms with Crippen molar-refractivity contribution in [3.05, 3.63) is 82.9 Å². The molecule has 2 aromatic heterocycles. The number of hydrogen-bond acceptors (Lipinski definition) is 6. The highest BCUT2D eigenvalue weighted by Gasteiger charge is 2.25. The number of pyridine rings is 2. The second-order valence-corrected chi connectivity index (χ2v) is 7.52. The minimum Gasteiger partial charge on any atom is -0.489 e. The minimum absolute atomic E-state index is 0.0292. The van der Waals surface area contributed by atoms with Gasteiger partial charge >= 0.3 is 6.09 Å². The van der Waals surface area contributed by atoms with Gasteiger partial charge in [-0.15, -0.1) is 0 Å². The lowest BCUT2D eigenvalue weighted by molar-refractivity contribution is 0.149. The van der Waals surface area contributed by atoms with Crippen LogP contribution in [0.3, 0.4) is 0 Å². The predicted molar refractivity (Wildman–Crippen MR) is 121 cm³/mol. The van der Waals surface area contributed by atoms with Gasteiger partial charge < -0.3 is 19.7 Å². The van der Waals surface area contributed by atoms with Crippen LogP contribution in [0.1, 0.15) is 18.9 Å². The third-order valence-corrected chi connectivity index (χ3v) is 5.26. The lowest BCUT2D eigenvalue weighted by Gasteiger charge is -2.18. The fourth-order valence-electron chi connectivity index (χ4n) is 3.64. The first-order valence-corrected chi connectivity index (χ1v) is 10.7. The van der Waals surface area contributed by atoms with Crippen LogP contribution in [0.4, 0.5) is 10.6 Å². The Bertz CT molecular complexity index is 1100. The average molecular weight is 434 g/mol. The Morgan fingerprint density at radius 2 is 2.03 bits per heavy atom. The molecule has 4 rings (SSSR count). The summed E-state index contributed by atoms with van der Waals surface area (Å²) >= 11 is 0. The van der Waals surface area contributed by atoms with Gasteiger partial charge in [-0.25, -0.2) is 9.78 Å². The molecule has 1 saturated heterocycles. The third kappa shape index (κ3) is 5.26. The number of anilines is 1. The lowest BCUT2D eigenvalue weighted by atomic mass is 10.2. The summed E-state index contributed by atoms with van der Waals surface area (Å²) in [6, 6.07) is 16.8. The minimum atomic E-state index is -0.391. The van der Waals surface area contributed by atoms with Gasteiger partial charge in [0.1, 0.15) is 18.2 Å².